The molecule has 10 heteroatoms. The number of nitrogens with zero attached hydrogens (tertiary/aromatic N) is 3. The van der Waals surface area contributed by atoms with E-state index in [-0.39, 0.29) is 11.4 Å². The van der Waals surface area contributed by atoms with Gasteiger partial charge in [-0.05, 0) is 43.3 Å². The van der Waals surface area contributed by atoms with Crippen LogP contribution in [-0.2, 0) is 6.42 Å². The van der Waals surface area contributed by atoms with E-state index in [1.165, 1.54) is 7.11 Å². The molecule has 0 fully saturated rings. The lowest BCUT2D eigenvalue weighted by Gasteiger charge is -2.15. The molecule has 2 heterocycles. The number of aliphatic imine (C=N–C) groups is 1. The third-order valence-corrected chi connectivity index (χ3v) is 5.17. The lowest BCUT2D eigenvalue weighted by atomic mass is 10.2. The van der Waals surface area contributed by atoms with Gasteiger partial charge < -0.3 is 20.1 Å². The van der Waals surface area contributed by atoms with Crippen molar-refractivity contribution in [1.82, 2.24) is 19.5 Å². The van der Waals surface area contributed by atoms with Crippen molar-refractivity contribution >= 4 is 11.5 Å². The normalized spacial score (nSPS) is 11.4. The van der Waals surface area contributed by atoms with Crippen molar-refractivity contribution in [2.24, 2.45) is 4.99 Å². The molecule has 10 nitrogen and oxygen atoms in total. The van der Waals surface area contributed by atoms with Gasteiger partial charge in [0.1, 0.15) is 17.1 Å². The summed E-state index contributed by atoms with van der Waals surface area (Å²) in [5.41, 5.74) is 1.29. The smallest absolute Gasteiger partial charge is 0.335 e. The van der Waals surface area contributed by atoms with Crippen LogP contribution in [0.4, 0.5) is 5.69 Å². The van der Waals surface area contributed by atoms with Crippen LogP contribution in [0.5, 0.6) is 11.6 Å². The van der Waals surface area contributed by atoms with Crippen molar-refractivity contribution in [1.29, 1.82) is 0 Å². The van der Waals surface area contributed by atoms with Crippen LogP contribution in [-0.4, -0.2) is 44.1 Å². The quantitative estimate of drug-likeness (QED) is 0.247. The maximum absolute atomic E-state index is 12.8. The molecule has 0 atom stereocenters. The molecule has 0 spiro atoms. The molecule has 0 aliphatic carbocycles. The molecule has 174 valence electrons. The number of amidine groups is 1. The molecular weight excluding hydrogens is 436 g/mol. The second-order valence-corrected chi connectivity index (χ2v) is 7.54. The topological polar surface area (TPSA) is 137 Å². The number of methoxy groups -OCH3 is 1. The number of aromatic hydroxyl groups is 1. The predicted octanol–water partition coefficient (Wildman–Crippen LogP) is 2.37. The highest BCUT2D eigenvalue weighted by molar-refractivity contribution is 6.09. The summed E-state index contributed by atoms with van der Waals surface area (Å²) in [6, 6.07) is 14.0. The summed E-state index contributed by atoms with van der Waals surface area (Å²) in [5, 5.41) is 14.2. The summed E-state index contributed by atoms with van der Waals surface area (Å²) >= 11 is 0. The summed E-state index contributed by atoms with van der Waals surface area (Å²) in [4.78, 5) is 39.2. The van der Waals surface area contributed by atoms with Crippen molar-refractivity contribution in [3.05, 3.63) is 98.7 Å². The van der Waals surface area contributed by atoms with Gasteiger partial charge in [0.2, 0.25) is 5.88 Å². The van der Waals surface area contributed by atoms with Gasteiger partial charge in [-0.15, -0.1) is 0 Å². The summed E-state index contributed by atoms with van der Waals surface area (Å²) in [5.74, 6) is 0.186. The first-order chi connectivity index (χ1) is 16.5. The molecule has 0 saturated heterocycles. The van der Waals surface area contributed by atoms with Crippen LogP contribution in [0.3, 0.4) is 0 Å². The van der Waals surface area contributed by atoms with Gasteiger partial charge in [-0.2, -0.15) is 0 Å². The number of anilines is 1. The number of nitrogens with one attached hydrogen (secondary N) is 3. The molecular formula is C24H24N6O4. The molecule has 4 aromatic rings. The molecule has 34 heavy (non-hydrogen) atoms. The van der Waals surface area contributed by atoms with Crippen LogP contribution in [0.1, 0.15) is 16.8 Å². The van der Waals surface area contributed by atoms with E-state index in [4.69, 9.17) is 4.74 Å². The summed E-state index contributed by atoms with van der Waals surface area (Å²) in [6.07, 6.45) is 3.80. The van der Waals surface area contributed by atoms with Crippen LogP contribution in [0.2, 0.25) is 0 Å². The largest absolute Gasteiger partial charge is 0.497 e. The number of aryl methyl sites for hydroxylation is 1. The highest BCUT2D eigenvalue weighted by Crippen LogP contribution is 2.21. The van der Waals surface area contributed by atoms with Crippen LogP contribution in [0.25, 0.3) is 5.69 Å². The zero-order valence-electron chi connectivity index (χ0n) is 18.7. The van der Waals surface area contributed by atoms with Crippen LogP contribution in [0.15, 0.2) is 75.6 Å². The number of benzene rings is 2. The van der Waals surface area contributed by atoms with Gasteiger partial charge in [0.25, 0.3) is 5.56 Å². The molecule has 0 aliphatic heterocycles. The van der Waals surface area contributed by atoms with E-state index in [1.807, 2.05) is 31.2 Å². The molecule has 0 saturated carbocycles. The van der Waals surface area contributed by atoms with E-state index >= 15 is 0 Å². The molecule has 0 aliphatic rings. The first kappa shape index (κ1) is 22.6. The second-order valence-electron chi connectivity index (χ2n) is 7.54. The van der Waals surface area contributed by atoms with Crippen molar-refractivity contribution in [2.75, 3.05) is 19.0 Å². The molecule has 0 radical (unpaired) electrons. The van der Waals surface area contributed by atoms with E-state index < -0.39 is 17.1 Å². The van der Waals surface area contributed by atoms with E-state index in [2.05, 4.69) is 25.3 Å². The minimum absolute atomic E-state index is 0.129. The Morgan fingerprint density at radius 1 is 1.15 bits per heavy atom. The van der Waals surface area contributed by atoms with Crippen LogP contribution < -0.4 is 21.3 Å². The van der Waals surface area contributed by atoms with Crippen LogP contribution in [0, 0.1) is 6.92 Å². The first-order valence-electron chi connectivity index (χ1n) is 10.5. The van der Waals surface area contributed by atoms with Crippen molar-refractivity contribution in [2.45, 2.75) is 13.3 Å². The van der Waals surface area contributed by atoms with Gasteiger partial charge in [0, 0.05) is 30.5 Å². The zero-order chi connectivity index (χ0) is 24.1. The monoisotopic (exact) mass is 460 g/mol. The number of aromatic nitrogens is 4. The van der Waals surface area contributed by atoms with Gasteiger partial charge in [0.15, 0.2) is 0 Å². The molecule has 4 rings (SSSR count). The fraction of sp³-hybridized carbons (Fsp3) is 0.167. The highest BCUT2D eigenvalue weighted by Gasteiger charge is 2.21. The summed E-state index contributed by atoms with van der Waals surface area (Å²) in [6.45, 7) is 2.27. The Hall–Kier alpha value is -4.60. The molecule has 0 unspecified atom stereocenters. The maximum atomic E-state index is 12.8. The maximum Gasteiger partial charge on any atom is 0.335 e. The number of H-pyrrole nitrogens is 2. The third kappa shape index (κ3) is 4.90. The minimum atomic E-state index is -0.774. The number of hydrogen-bond acceptors (Lipinski definition) is 6. The highest BCUT2D eigenvalue weighted by atomic mass is 16.5. The fourth-order valence-corrected chi connectivity index (χ4v) is 3.37. The van der Waals surface area contributed by atoms with E-state index in [0.29, 0.717) is 30.1 Å². The summed E-state index contributed by atoms with van der Waals surface area (Å²) in [7, 11) is 1.53. The van der Waals surface area contributed by atoms with Gasteiger partial charge in [-0.1, -0.05) is 17.7 Å². The molecule has 0 bridgehead atoms. The average Bonchev–Trinajstić information content (AvgIpc) is 3.34. The Kier molecular flexibility index (Phi) is 6.58. The first-order valence-corrected chi connectivity index (χ1v) is 10.5. The van der Waals surface area contributed by atoms with Gasteiger partial charge in [0.05, 0.1) is 19.1 Å². The van der Waals surface area contributed by atoms with Gasteiger partial charge in [-0.25, -0.2) is 14.3 Å². The van der Waals surface area contributed by atoms with Gasteiger partial charge in [-0.3, -0.25) is 14.8 Å². The Morgan fingerprint density at radius 2 is 1.88 bits per heavy atom. The lowest BCUT2D eigenvalue weighted by molar-refractivity contribution is 0.414. The Bertz CT molecular complexity index is 1400. The summed E-state index contributed by atoms with van der Waals surface area (Å²) < 4.78 is 6.16. The third-order valence-electron chi connectivity index (χ3n) is 5.17. The predicted molar refractivity (Wildman–Crippen MR) is 129 cm³/mol. The molecule has 2 aromatic carbocycles. The van der Waals surface area contributed by atoms with Crippen LogP contribution >= 0.6 is 0 Å². The van der Waals surface area contributed by atoms with Crippen molar-refractivity contribution < 1.29 is 9.84 Å². The number of rotatable bonds is 7. The Labute approximate surface area is 194 Å². The van der Waals surface area contributed by atoms with E-state index in [9.17, 15) is 14.7 Å². The Morgan fingerprint density at radius 3 is 2.53 bits per heavy atom. The second kappa shape index (κ2) is 9.90. The van der Waals surface area contributed by atoms with E-state index in [0.717, 1.165) is 15.8 Å². The van der Waals surface area contributed by atoms with Crippen molar-refractivity contribution in [3.63, 3.8) is 0 Å². The molecule has 2 aromatic heterocycles. The number of aromatic amines is 2. The lowest BCUT2D eigenvalue weighted by Crippen LogP contribution is -2.35. The van der Waals surface area contributed by atoms with Crippen molar-refractivity contribution in [3.8, 4) is 17.3 Å². The molecule has 0 amide bonds. The average molecular weight is 460 g/mol. The Balaban J connectivity index is 1.79. The number of hydrogen-bond donors (Lipinski definition) is 4. The van der Waals surface area contributed by atoms with Gasteiger partial charge >= 0.3 is 5.69 Å². The zero-order valence-corrected chi connectivity index (χ0v) is 18.7. The van der Waals surface area contributed by atoms with E-state index in [1.54, 1.807) is 36.8 Å². The molecule has 4 N–H and O–H groups in total. The standard InChI is InChI=1S/C24H24N6O4/c1-15-3-5-16(6-4-15)28-21(26-12-11-17-13-25-14-27-17)20-22(31)29-24(33)30(23(20)32)18-7-9-19(34-2)10-8-18/h3-10,13-14,32H,11-12H2,1-2H3,(H,25,27)(H,26,28)(H,29,31,33). The fourth-order valence-electron chi connectivity index (χ4n) is 3.37. The number of imidazole rings is 1. The SMILES string of the molecule is COc1ccc(-n2c(O)c(C(=NCCc3cnc[nH]3)Nc3ccc(C)cc3)c(=O)[nH]c2=O)cc1. The number of ether oxygens (including phenoxy) is 1. The minimum Gasteiger partial charge on any atom is -0.497 e.